The summed E-state index contributed by atoms with van der Waals surface area (Å²) in [4.78, 5) is 26.8. The van der Waals surface area contributed by atoms with E-state index in [4.69, 9.17) is 21.1 Å². The Morgan fingerprint density at radius 3 is 2.69 bits per heavy atom. The predicted molar refractivity (Wildman–Crippen MR) is 99.1 cm³/mol. The average molecular weight is 378 g/mol. The van der Waals surface area contributed by atoms with E-state index in [0.717, 1.165) is 29.9 Å². The number of allylic oxidation sites excluding steroid dienone is 4. The summed E-state index contributed by atoms with van der Waals surface area (Å²) in [6.07, 6.45) is 6.16. The van der Waals surface area contributed by atoms with Crippen LogP contribution in [0.1, 0.15) is 46.5 Å². The van der Waals surface area contributed by atoms with Gasteiger partial charge in [0.05, 0.1) is 24.7 Å². The van der Waals surface area contributed by atoms with Gasteiger partial charge in [-0.25, -0.2) is 4.79 Å². The number of carbonyl (C=O) groups is 2. The molecule has 0 radical (unpaired) electrons. The average Bonchev–Trinajstić information content (AvgIpc) is 2.62. The number of hydrogen-bond donors (Lipinski definition) is 0. The fraction of sp³-hybridized carbons (Fsp3) is 0.500. The Labute approximate surface area is 159 Å². The number of hydrogen-bond acceptors (Lipinski definition) is 5. The number of esters is 1. The molecule has 0 spiro atoms. The zero-order valence-corrected chi connectivity index (χ0v) is 16.2. The van der Waals surface area contributed by atoms with E-state index >= 15 is 0 Å². The number of ether oxygens (including phenoxy) is 2. The number of ketones is 1. The van der Waals surface area contributed by atoms with Crippen LogP contribution in [0.15, 0.2) is 45.5 Å². The van der Waals surface area contributed by atoms with Gasteiger partial charge in [0.15, 0.2) is 5.78 Å². The minimum Gasteiger partial charge on any atom is -0.493 e. The third-order valence-electron chi connectivity index (χ3n) is 4.96. The van der Waals surface area contributed by atoms with Crippen LogP contribution in [-0.2, 0) is 19.1 Å². The molecule has 0 saturated heterocycles. The van der Waals surface area contributed by atoms with E-state index in [0.29, 0.717) is 18.1 Å². The molecule has 3 aliphatic rings. The van der Waals surface area contributed by atoms with E-state index in [2.05, 4.69) is 11.8 Å². The zero-order valence-electron chi connectivity index (χ0n) is 15.4. The molecule has 1 unspecified atom stereocenters. The van der Waals surface area contributed by atoms with Gasteiger partial charge in [-0.3, -0.25) is 4.79 Å². The topological polar surface area (TPSA) is 55.8 Å². The standard InChI is InChI=1S/C20H24ClNO4/c1-4-13-7-12-8-19(25-5-2)16(21)9-14(12)17-10-18(23)15(11-22(13)17)20(24)26-6-3/h8,11,13H,4-7,9-10H2,1-3H3. The van der Waals surface area contributed by atoms with E-state index in [1.165, 1.54) is 5.57 Å². The first-order chi connectivity index (χ1) is 12.5. The molecular weight excluding hydrogens is 354 g/mol. The first kappa shape index (κ1) is 18.8. The van der Waals surface area contributed by atoms with Crippen molar-refractivity contribution in [3.8, 4) is 0 Å². The first-order valence-corrected chi connectivity index (χ1v) is 9.52. The summed E-state index contributed by atoms with van der Waals surface area (Å²) in [5, 5.41) is 0.653. The molecular formula is C20H24ClNO4. The molecule has 3 rings (SSSR count). The summed E-state index contributed by atoms with van der Waals surface area (Å²) in [6, 6.07) is 0.192. The second-order valence-corrected chi connectivity index (χ2v) is 6.97. The number of fused-ring (bicyclic) bond motifs is 2. The molecule has 0 amide bonds. The zero-order chi connectivity index (χ0) is 18.8. The van der Waals surface area contributed by atoms with Crippen LogP contribution < -0.4 is 0 Å². The highest BCUT2D eigenvalue weighted by Crippen LogP contribution is 2.44. The Morgan fingerprint density at radius 2 is 2.04 bits per heavy atom. The van der Waals surface area contributed by atoms with Crippen LogP contribution >= 0.6 is 11.6 Å². The minimum absolute atomic E-state index is 0.134. The SMILES string of the molecule is CCOC(=O)C1=CN2C(=C3CC(Cl)=C(OCC)C=C3CC2CC)CC1=O. The largest absolute Gasteiger partial charge is 0.493 e. The highest BCUT2D eigenvalue weighted by atomic mass is 35.5. The lowest BCUT2D eigenvalue weighted by atomic mass is 9.82. The van der Waals surface area contributed by atoms with Crippen molar-refractivity contribution in [2.45, 2.75) is 52.5 Å². The van der Waals surface area contributed by atoms with E-state index in [1.54, 1.807) is 13.1 Å². The monoisotopic (exact) mass is 377 g/mol. The smallest absolute Gasteiger partial charge is 0.343 e. The summed E-state index contributed by atoms with van der Waals surface area (Å²) in [6.45, 7) is 6.59. The molecule has 0 aromatic carbocycles. The highest BCUT2D eigenvalue weighted by molar-refractivity contribution is 6.30. The molecule has 26 heavy (non-hydrogen) atoms. The predicted octanol–water partition coefficient (Wildman–Crippen LogP) is 3.96. The van der Waals surface area contributed by atoms with E-state index < -0.39 is 5.97 Å². The first-order valence-electron chi connectivity index (χ1n) is 9.14. The number of halogens is 1. The quantitative estimate of drug-likeness (QED) is 0.536. The molecule has 6 heteroatoms. The van der Waals surface area contributed by atoms with Crippen LogP contribution in [0.25, 0.3) is 0 Å². The molecule has 0 fully saturated rings. The number of carbonyl (C=O) groups excluding carboxylic acids is 2. The molecule has 0 bridgehead atoms. The maximum absolute atomic E-state index is 12.6. The van der Waals surface area contributed by atoms with Crippen molar-refractivity contribution < 1.29 is 19.1 Å². The van der Waals surface area contributed by atoms with Crippen LogP contribution in [-0.4, -0.2) is 35.9 Å². The van der Waals surface area contributed by atoms with Gasteiger partial charge in [0.1, 0.15) is 11.3 Å². The van der Waals surface area contributed by atoms with Crippen molar-refractivity contribution in [1.29, 1.82) is 0 Å². The molecule has 0 saturated carbocycles. The third kappa shape index (κ3) is 3.32. The van der Waals surface area contributed by atoms with E-state index in [1.807, 2.05) is 13.0 Å². The summed E-state index contributed by atoms with van der Waals surface area (Å²) < 4.78 is 10.7. The second kappa shape index (κ2) is 7.70. The van der Waals surface area contributed by atoms with Gasteiger partial charge in [-0.1, -0.05) is 18.5 Å². The van der Waals surface area contributed by atoms with Gasteiger partial charge in [0, 0.05) is 24.4 Å². The van der Waals surface area contributed by atoms with Gasteiger partial charge in [0.25, 0.3) is 0 Å². The van der Waals surface area contributed by atoms with Crippen LogP contribution in [0, 0.1) is 0 Å². The minimum atomic E-state index is -0.544. The summed E-state index contributed by atoms with van der Waals surface area (Å²) >= 11 is 6.42. The Bertz CT molecular complexity index is 760. The van der Waals surface area contributed by atoms with E-state index in [9.17, 15) is 9.59 Å². The number of nitrogens with zero attached hydrogens (tertiary/aromatic N) is 1. The molecule has 1 aliphatic carbocycles. The molecule has 5 nitrogen and oxygen atoms in total. The van der Waals surface area contributed by atoms with Crippen LogP contribution in [0.5, 0.6) is 0 Å². The van der Waals surface area contributed by atoms with Crippen LogP contribution in [0.2, 0.25) is 0 Å². The lowest BCUT2D eigenvalue weighted by molar-refractivity contribution is -0.140. The summed E-state index contributed by atoms with van der Waals surface area (Å²) in [7, 11) is 0. The van der Waals surface area contributed by atoms with Gasteiger partial charge in [-0.2, -0.15) is 0 Å². The Hall–Kier alpha value is -2.01. The lowest BCUT2D eigenvalue weighted by Gasteiger charge is -2.42. The van der Waals surface area contributed by atoms with Gasteiger partial charge >= 0.3 is 5.97 Å². The van der Waals surface area contributed by atoms with Gasteiger partial charge in [0.2, 0.25) is 0 Å². The Morgan fingerprint density at radius 1 is 1.27 bits per heavy atom. The summed E-state index contributed by atoms with van der Waals surface area (Å²) in [5.41, 5.74) is 3.34. The second-order valence-electron chi connectivity index (χ2n) is 6.51. The lowest BCUT2D eigenvalue weighted by Crippen LogP contribution is -2.40. The fourth-order valence-electron chi connectivity index (χ4n) is 3.71. The molecule has 1 atom stereocenters. The van der Waals surface area contributed by atoms with Gasteiger partial charge in [-0.15, -0.1) is 0 Å². The van der Waals surface area contributed by atoms with Gasteiger partial charge < -0.3 is 14.4 Å². The van der Waals surface area contributed by atoms with Crippen molar-refractivity contribution in [3.63, 3.8) is 0 Å². The molecule has 140 valence electrons. The molecule has 0 aromatic rings. The maximum atomic E-state index is 12.6. The Kier molecular flexibility index (Phi) is 5.56. The Balaban J connectivity index is 2.03. The molecule has 2 aliphatic heterocycles. The van der Waals surface area contributed by atoms with Crippen molar-refractivity contribution >= 4 is 23.4 Å². The summed E-state index contributed by atoms with van der Waals surface area (Å²) in [5.74, 6) is -0.0198. The van der Waals surface area contributed by atoms with Crippen molar-refractivity contribution in [1.82, 2.24) is 4.90 Å². The molecule has 0 N–H and O–H groups in total. The highest BCUT2D eigenvalue weighted by Gasteiger charge is 2.38. The van der Waals surface area contributed by atoms with Crippen molar-refractivity contribution in [2.24, 2.45) is 0 Å². The van der Waals surface area contributed by atoms with E-state index in [-0.39, 0.29) is 30.4 Å². The van der Waals surface area contributed by atoms with Crippen molar-refractivity contribution in [3.05, 3.63) is 45.5 Å². The van der Waals surface area contributed by atoms with Gasteiger partial charge in [-0.05, 0) is 43.9 Å². The van der Waals surface area contributed by atoms with Crippen molar-refractivity contribution in [2.75, 3.05) is 13.2 Å². The number of Topliss-reactive ketones (excluding diaryl/α,β-unsaturated/α-hetero) is 1. The third-order valence-corrected chi connectivity index (χ3v) is 5.28. The van der Waals surface area contributed by atoms with Crippen LogP contribution in [0.3, 0.4) is 0 Å². The molecule has 2 heterocycles. The normalized spacial score (nSPS) is 22.5. The fourth-order valence-corrected chi connectivity index (χ4v) is 3.95. The van der Waals surface area contributed by atoms with Crippen LogP contribution in [0.4, 0.5) is 0 Å². The number of rotatable bonds is 5. The molecule has 0 aromatic heterocycles. The maximum Gasteiger partial charge on any atom is 0.343 e.